The van der Waals surface area contributed by atoms with Crippen molar-refractivity contribution in [2.45, 2.75) is 69.6 Å². The number of rotatable bonds is 4. The van der Waals surface area contributed by atoms with Crippen LogP contribution in [0.1, 0.15) is 72.5 Å². The average Bonchev–Trinajstić information content (AvgIpc) is 3.24. The highest BCUT2D eigenvalue weighted by molar-refractivity contribution is 6.05. The molecule has 4 aliphatic rings. The summed E-state index contributed by atoms with van der Waals surface area (Å²) >= 11 is 0. The first-order valence-electron chi connectivity index (χ1n) is 13.9. The highest BCUT2D eigenvalue weighted by atomic mass is 16.5. The van der Waals surface area contributed by atoms with Crippen molar-refractivity contribution in [2.75, 3.05) is 13.1 Å². The minimum absolute atomic E-state index is 0.145. The molecular formula is C30H33N5O4. The molecule has 3 amide bonds. The molecule has 0 spiro atoms. The fourth-order valence-corrected chi connectivity index (χ4v) is 5.67. The van der Waals surface area contributed by atoms with Gasteiger partial charge in [0, 0.05) is 43.7 Å². The van der Waals surface area contributed by atoms with Gasteiger partial charge in [-0.1, -0.05) is 18.6 Å². The zero-order chi connectivity index (χ0) is 26.8. The van der Waals surface area contributed by atoms with Crippen LogP contribution in [0.2, 0.25) is 0 Å². The lowest BCUT2D eigenvalue weighted by Crippen LogP contribution is -2.52. The van der Waals surface area contributed by atoms with E-state index in [1.807, 2.05) is 42.6 Å². The molecule has 0 bridgehead atoms. The molecule has 39 heavy (non-hydrogen) atoms. The Hall–Kier alpha value is -3.85. The van der Waals surface area contributed by atoms with Crippen LogP contribution in [0.15, 0.2) is 48.7 Å². The number of carbonyl (C=O) groups excluding carboxylic acids is 3. The lowest BCUT2D eigenvalue weighted by molar-refractivity contribution is -0.136. The zero-order valence-corrected chi connectivity index (χ0v) is 21.9. The smallest absolute Gasteiger partial charge is 0.255 e. The molecule has 3 aliphatic heterocycles. The minimum atomic E-state index is -0.569. The number of carbonyl (C=O) groups is 3. The van der Waals surface area contributed by atoms with Crippen LogP contribution in [0.5, 0.6) is 5.75 Å². The number of piperidine rings is 1. The Balaban J connectivity index is 0.000000166. The lowest BCUT2D eigenvalue weighted by Gasteiger charge is -2.29. The minimum Gasteiger partial charge on any atom is -0.490 e. The molecule has 3 fully saturated rings. The number of hydrogen-bond donors (Lipinski definition) is 2. The molecule has 0 radical (unpaired) electrons. The van der Waals surface area contributed by atoms with E-state index in [-0.39, 0.29) is 30.2 Å². The molecule has 2 aromatic carbocycles. The van der Waals surface area contributed by atoms with E-state index in [0.29, 0.717) is 24.4 Å². The van der Waals surface area contributed by atoms with Gasteiger partial charge in [-0.05, 0) is 68.0 Å². The number of amides is 3. The van der Waals surface area contributed by atoms with Gasteiger partial charge >= 0.3 is 0 Å². The standard InChI is InChI=1S/C19H22N2O4.C11H11N3/c22-17-9-8-16(18(23)20-17)21-11-12-10-14(6-7-15(12)19(21)24)25-13-4-2-1-3-5-13;1-2-4-10-9(3-1)13-7-11(14-10)8-5-12-6-8/h6-7,10,13,16H,1-5,8-9,11H2,(H,20,22,23);1-4,7-8,12H,5-6H2. The maximum Gasteiger partial charge on any atom is 0.255 e. The fourth-order valence-electron chi connectivity index (χ4n) is 5.67. The lowest BCUT2D eigenvalue weighted by atomic mass is 9.98. The number of nitrogens with zero attached hydrogens (tertiary/aromatic N) is 3. The van der Waals surface area contributed by atoms with E-state index in [0.717, 1.165) is 54.0 Å². The molecule has 4 heterocycles. The number of hydrogen-bond acceptors (Lipinski definition) is 7. The van der Waals surface area contributed by atoms with Crippen LogP contribution in [0.25, 0.3) is 11.0 Å². The molecule has 1 unspecified atom stereocenters. The summed E-state index contributed by atoms with van der Waals surface area (Å²) in [7, 11) is 0. The Bertz CT molecular complexity index is 1400. The first-order valence-corrected chi connectivity index (χ1v) is 13.9. The largest absolute Gasteiger partial charge is 0.490 e. The van der Waals surface area contributed by atoms with Crippen LogP contribution in [0.4, 0.5) is 0 Å². The third-order valence-electron chi connectivity index (χ3n) is 8.02. The number of ether oxygens (including phenoxy) is 1. The zero-order valence-electron chi connectivity index (χ0n) is 21.9. The van der Waals surface area contributed by atoms with E-state index in [4.69, 9.17) is 4.74 Å². The molecule has 9 nitrogen and oxygen atoms in total. The number of imide groups is 1. The highest BCUT2D eigenvalue weighted by Gasteiger charge is 2.39. The normalized spacial score (nSPS) is 21.6. The van der Waals surface area contributed by atoms with E-state index in [1.165, 1.54) is 19.3 Å². The summed E-state index contributed by atoms with van der Waals surface area (Å²) < 4.78 is 6.08. The summed E-state index contributed by atoms with van der Waals surface area (Å²) in [4.78, 5) is 46.6. The van der Waals surface area contributed by atoms with Crippen molar-refractivity contribution in [3.63, 3.8) is 0 Å². The topological polar surface area (TPSA) is 114 Å². The third-order valence-corrected chi connectivity index (χ3v) is 8.02. The molecule has 3 aromatic rings. The Morgan fingerprint density at radius 3 is 2.46 bits per heavy atom. The molecule has 1 atom stereocenters. The Morgan fingerprint density at radius 2 is 1.72 bits per heavy atom. The summed E-state index contributed by atoms with van der Waals surface area (Å²) in [6.07, 6.45) is 8.66. The molecule has 1 aromatic heterocycles. The van der Waals surface area contributed by atoms with Gasteiger partial charge in [-0.3, -0.25) is 24.7 Å². The summed E-state index contributed by atoms with van der Waals surface area (Å²) in [5.41, 5.74) is 4.60. The van der Waals surface area contributed by atoms with Crippen LogP contribution in [-0.4, -0.2) is 57.8 Å². The van der Waals surface area contributed by atoms with Crippen molar-refractivity contribution in [3.8, 4) is 5.75 Å². The molecule has 202 valence electrons. The predicted molar refractivity (Wildman–Crippen MR) is 145 cm³/mol. The molecule has 2 saturated heterocycles. The van der Waals surface area contributed by atoms with Gasteiger partial charge < -0.3 is 15.0 Å². The van der Waals surface area contributed by atoms with Gasteiger partial charge in [0.1, 0.15) is 11.8 Å². The first-order chi connectivity index (χ1) is 19.0. The first kappa shape index (κ1) is 25.4. The summed E-state index contributed by atoms with van der Waals surface area (Å²) in [5.74, 6) is 0.564. The van der Waals surface area contributed by atoms with Crippen LogP contribution in [-0.2, 0) is 16.1 Å². The van der Waals surface area contributed by atoms with Gasteiger partial charge in [0.25, 0.3) is 5.91 Å². The third kappa shape index (κ3) is 5.49. The van der Waals surface area contributed by atoms with Gasteiger partial charge in [-0.2, -0.15) is 0 Å². The molecule has 2 N–H and O–H groups in total. The predicted octanol–water partition coefficient (Wildman–Crippen LogP) is 3.48. The van der Waals surface area contributed by atoms with Crippen LogP contribution in [0.3, 0.4) is 0 Å². The highest BCUT2D eigenvalue weighted by Crippen LogP contribution is 2.31. The molecule has 9 heteroatoms. The fraction of sp³-hybridized carbons (Fsp3) is 0.433. The van der Waals surface area contributed by atoms with Crippen LogP contribution < -0.4 is 15.4 Å². The summed E-state index contributed by atoms with van der Waals surface area (Å²) in [5, 5.41) is 5.56. The van der Waals surface area contributed by atoms with Crippen molar-refractivity contribution in [2.24, 2.45) is 0 Å². The summed E-state index contributed by atoms with van der Waals surface area (Å²) in [6, 6.07) is 13.0. The number of nitrogens with one attached hydrogen (secondary N) is 2. The molecule has 1 aliphatic carbocycles. The maximum atomic E-state index is 12.6. The van der Waals surface area contributed by atoms with Gasteiger partial charge in [0.15, 0.2) is 0 Å². The second-order valence-corrected chi connectivity index (χ2v) is 10.7. The molecular weight excluding hydrogens is 494 g/mol. The van der Waals surface area contributed by atoms with Crippen molar-refractivity contribution in [3.05, 3.63) is 65.5 Å². The van der Waals surface area contributed by atoms with E-state index in [2.05, 4.69) is 20.6 Å². The second-order valence-electron chi connectivity index (χ2n) is 10.7. The average molecular weight is 528 g/mol. The van der Waals surface area contributed by atoms with Crippen molar-refractivity contribution in [1.82, 2.24) is 25.5 Å². The molecule has 1 saturated carbocycles. The number of benzene rings is 2. The van der Waals surface area contributed by atoms with E-state index < -0.39 is 6.04 Å². The van der Waals surface area contributed by atoms with Crippen molar-refractivity contribution < 1.29 is 19.1 Å². The Kier molecular flexibility index (Phi) is 7.24. The van der Waals surface area contributed by atoms with Crippen LogP contribution in [0, 0.1) is 0 Å². The molecule has 7 rings (SSSR count). The van der Waals surface area contributed by atoms with E-state index in [1.54, 1.807) is 11.0 Å². The van der Waals surface area contributed by atoms with Crippen LogP contribution >= 0.6 is 0 Å². The van der Waals surface area contributed by atoms with Gasteiger partial charge in [-0.25, -0.2) is 4.98 Å². The number of para-hydroxylation sites is 2. The Labute approximate surface area is 227 Å². The van der Waals surface area contributed by atoms with Gasteiger partial charge in [-0.15, -0.1) is 0 Å². The number of aromatic nitrogens is 2. The SMILES string of the molecule is O=C1CCC(N2Cc3cc(OC4CCCCC4)ccc3C2=O)C(=O)N1.c1ccc2nc(C3CNC3)cnc2c1. The van der Waals surface area contributed by atoms with E-state index >= 15 is 0 Å². The summed E-state index contributed by atoms with van der Waals surface area (Å²) in [6.45, 7) is 2.46. The monoisotopic (exact) mass is 527 g/mol. The number of fused-ring (bicyclic) bond motifs is 2. The van der Waals surface area contributed by atoms with Gasteiger partial charge in [0.05, 0.1) is 22.8 Å². The van der Waals surface area contributed by atoms with Gasteiger partial charge in [0.2, 0.25) is 11.8 Å². The van der Waals surface area contributed by atoms with Crippen molar-refractivity contribution in [1.29, 1.82) is 0 Å². The Morgan fingerprint density at radius 1 is 0.923 bits per heavy atom. The van der Waals surface area contributed by atoms with E-state index in [9.17, 15) is 14.4 Å². The van der Waals surface area contributed by atoms with Crippen molar-refractivity contribution >= 4 is 28.8 Å². The maximum absolute atomic E-state index is 12.6. The second kappa shape index (κ2) is 11.1. The quantitative estimate of drug-likeness (QED) is 0.500.